The van der Waals surface area contributed by atoms with Crippen LogP contribution in [0.3, 0.4) is 0 Å². The quantitative estimate of drug-likeness (QED) is 0.447. The predicted molar refractivity (Wildman–Crippen MR) is 106 cm³/mol. The number of piperidine rings is 1. The van der Waals surface area contributed by atoms with Gasteiger partial charge >= 0.3 is 6.03 Å². The predicted octanol–water partition coefficient (Wildman–Crippen LogP) is 0.0534. The van der Waals surface area contributed by atoms with E-state index in [0.717, 1.165) is 10.5 Å². The fraction of sp³-hybridized carbons (Fsp3) is 0.400. The summed E-state index contributed by atoms with van der Waals surface area (Å²) in [6.45, 7) is 0.864. The lowest BCUT2D eigenvalue weighted by Gasteiger charge is -2.27. The zero-order chi connectivity index (χ0) is 22.0. The van der Waals surface area contributed by atoms with Crippen LogP contribution in [0, 0.1) is 0 Å². The van der Waals surface area contributed by atoms with E-state index in [0.29, 0.717) is 38.2 Å². The van der Waals surface area contributed by atoms with Crippen molar-refractivity contribution in [1.29, 1.82) is 0 Å². The van der Waals surface area contributed by atoms with Gasteiger partial charge in [0.05, 0.1) is 11.1 Å². The molecule has 6 amide bonds. The van der Waals surface area contributed by atoms with Gasteiger partial charge in [0.25, 0.3) is 11.8 Å². The maximum atomic E-state index is 12.8. The van der Waals surface area contributed by atoms with Crippen LogP contribution >= 0.6 is 0 Å². The highest BCUT2D eigenvalue weighted by atomic mass is 16.6. The van der Waals surface area contributed by atoms with Crippen molar-refractivity contribution in [3.8, 4) is 0 Å². The van der Waals surface area contributed by atoms with Gasteiger partial charge in [-0.2, -0.15) is 0 Å². The first-order chi connectivity index (χ1) is 14.9. The third-order valence-electron chi connectivity index (χ3n) is 5.29. The van der Waals surface area contributed by atoms with Crippen molar-refractivity contribution in [1.82, 2.24) is 20.9 Å². The lowest BCUT2D eigenvalue weighted by atomic mass is 10.0. The number of hydrogen-bond donors (Lipinski definition) is 3. The van der Waals surface area contributed by atoms with Crippen molar-refractivity contribution < 1.29 is 28.8 Å². The van der Waals surface area contributed by atoms with Crippen LogP contribution in [0.2, 0.25) is 0 Å². The van der Waals surface area contributed by atoms with Gasteiger partial charge in [-0.15, -0.1) is 0 Å². The number of carbonyl (C=O) groups is 5. The molecule has 0 aromatic heterocycles. The zero-order valence-corrected chi connectivity index (χ0v) is 16.6. The van der Waals surface area contributed by atoms with Crippen molar-refractivity contribution >= 4 is 35.5 Å². The normalized spacial score (nSPS) is 20.2. The number of fused-ring (bicyclic) bond motifs is 1. The van der Waals surface area contributed by atoms with E-state index >= 15 is 0 Å². The Balaban J connectivity index is 1.33. The van der Waals surface area contributed by atoms with Crippen LogP contribution in [-0.2, 0) is 20.8 Å². The highest BCUT2D eigenvalue weighted by Gasteiger charge is 2.44. The number of nitrogens with zero attached hydrogens (tertiary/aromatic N) is 2. The minimum absolute atomic E-state index is 0.0794. The highest BCUT2D eigenvalue weighted by Crippen LogP contribution is 2.28. The van der Waals surface area contributed by atoms with Gasteiger partial charge in [-0.1, -0.05) is 11.2 Å². The number of rotatable bonds is 5. The monoisotopic (exact) mass is 427 g/mol. The van der Waals surface area contributed by atoms with Gasteiger partial charge in [-0.25, -0.2) is 4.79 Å². The summed E-state index contributed by atoms with van der Waals surface area (Å²) < 4.78 is 0. The molecule has 3 N–H and O–H groups in total. The molecule has 0 saturated carbocycles. The average molecular weight is 427 g/mol. The molecular formula is C20H21N5O6. The van der Waals surface area contributed by atoms with Crippen LogP contribution in [0.5, 0.6) is 0 Å². The molecule has 11 nitrogen and oxygen atoms in total. The number of benzene rings is 1. The lowest BCUT2D eigenvalue weighted by molar-refractivity contribution is -0.136. The maximum absolute atomic E-state index is 12.8. The number of urea groups is 1. The molecule has 3 aliphatic rings. The molecule has 3 heterocycles. The van der Waals surface area contributed by atoms with Gasteiger partial charge in [0, 0.05) is 19.4 Å². The second-order valence-corrected chi connectivity index (χ2v) is 7.43. The number of aryl methyl sites for hydroxylation is 1. The molecule has 31 heavy (non-hydrogen) atoms. The summed E-state index contributed by atoms with van der Waals surface area (Å²) in [4.78, 5) is 66.5. The van der Waals surface area contributed by atoms with Crippen LogP contribution in [0.1, 0.15) is 52.0 Å². The van der Waals surface area contributed by atoms with E-state index in [2.05, 4.69) is 21.1 Å². The first-order valence-electron chi connectivity index (χ1n) is 10.0. The van der Waals surface area contributed by atoms with Crippen LogP contribution < -0.4 is 16.0 Å². The third kappa shape index (κ3) is 4.25. The molecule has 0 bridgehead atoms. The Bertz CT molecular complexity index is 1000. The Kier molecular flexibility index (Phi) is 5.65. The molecule has 0 aliphatic carbocycles. The zero-order valence-electron chi connectivity index (χ0n) is 16.6. The molecule has 3 aliphatic heterocycles. The Morgan fingerprint density at radius 3 is 2.71 bits per heavy atom. The van der Waals surface area contributed by atoms with E-state index in [1.165, 1.54) is 0 Å². The number of oxime groups is 1. The van der Waals surface area contributed by atoms with E-state index in [9.17, 15) is 24.0 Å². The van der Waals surface area contributed by atoms with Gasteiger partial charge in [-0.05, 0) is 37.0 Å². The molecule has 1 atom stereocenters. The summed E-state index contributed by atoms with van der Waals surface area (Å²) in [5.41, 5.74) is 1.33. The topological polar surface area (TPSA) is 146 Å². The van der Waals surface area contributed by atoms with Gasteiger partial charge in [-0.3, -0.25) is 34.7 Å². The van der Waals surface area contributed by atoms with Crippen molar-refractivity contribution in [2.45, 2.75) is 38.1 Å². The summed E-state index contributed by atoms with van der Waals surface area (Å²) in [5, 5.41) is 11.2. The molecule has 1 aromatic rings. The second-order valence-electron chi connectivity index (χ2n) is 7.43. The van der Waals surface area contributed by atoms with E-state index in [1.807, 2.05) is 0 Å². The molecular weight excluding hydrogens is 406 g/mol. The largest absolute Gasteiger partial charge is 0.394 e. The minimum Gasteiger partial charge on any atom is -0.394 e. The Hall–Kier alpha value is -3.76. The van der Waals surface area contributed by atoms with Gasteiger partial charge in [0.1, 0.15) is 12.6 Å². The number of carbonyl (C=O) groups excluding carboxylic acids is 5. The first-order valence-corrected chi connectivity index (χ1v) is 10.0. The first kappa shape index (κ1) is 20.5. The van der Waals surface area contributed by atoms with E-state index in [1.54, 1.807) is 18.2 Å². The number of amides is 6. The Labute approximate surface area is 177 Å². The minimum atomic E-state index is -0.980. The summed E-state index contributed by atoms with van der Waals surface area (Å²) in [6, 6.07) is 3.63. The van der Waals surface area contributed by atoms with E-state index in [-0.39, 0.29) is 30.0 Å². The van der Waals surface area contributed by atoms with Crippen molar-refractivity contribution in [3.05, 3.63) is 34.9 Å². The summed E-state index contributed by atoms with van der Waals surface area (Å²) in [5.74, 6) is -1.62. The fourth-order valence-electron chi connectivity index (χ4n) is 3.74. The molecule has 1 saturated heterocycles. The second kappa shape index (κ2) is 8.54. The van der Waals surface area contributed by atoms with Crippen LogP contribution in [-0.4, -0.2) is 59.6 Å². The molecule has 1 aromatic carbocycles. The molecule has 162 valence electrons. The Morgan fingerprint density at radius 1 is 1.16 bits per heavy atom. The van der Waals surface area contributed by atoms with Crippen LogP contribution in [0.25, 0.3) is 0 Å². The Morgan fingerprint density at radius 2 is 1.97 bits per heavy atom. The molecule has 0 radical (unpaired) electrons. The van der Waals surface area contributed by atoms with E-state index < -0.39 is 29.7 Å². The standard InChI is InChI=1S/C20H21N5O6/c26-16-6-5-14(17(27)23-16)25-18(28)12-4-3-11(10-13(12)19(25)29)2-1-8-21-20(30)22-15-7-9-31-24-15/h3-4,10,14H,1-2,5-9H2,(H,23,26,27)(H2,21,22,24,30). The van der Waals surface area contributed by atoms with Crippen LogP contribution in [0.15, 0.2) is 23.4 Å². The average Bonchev–Trinajstić information content (AvgIpc) is 3.33. The SMILES string of the molecule is O=C1CCC(N2C(=O)c3ccc(CCCNC(=O)NC4=NOCC4)cc3C2=O)C(=O)N1. The fourth-order valence-corrected chi connectivity index (χ4v) is 3.74. The van der Waals surface area contributed by atoms with Gasteiger partial charge < -0.3 is 10.2 Å². The molecule has 4 rings (SSSR count). The van der Waals surface area contributed by atoms with Crippen LogP contribution in [0.4, 0.5) is 4.79 Å². The molecule has 11 heteroatoms. The van der Waals surface area contributed by atoms with E-state index in [4.69, 9.17) is 4.84 Å². The van der Waals surface area contributed by atoms with Crippen molar-refractivity contribution in [3.63, 3.8) is 0 Å². The summed E-state index contributed by atoms with van der Waals surface area (Å²) in [7, 11) is 0. The van der Waals surface area contributed by atoms with Gasteiger partial charge in [0.15, 0.2) is 5.84 Å². The third-order valence-corrected chi connectivity index (χ3v) is 5.29. The number of amidine groups is 1. The summed E-state index contributed by atoms with van der Waals surface area (Å²) in [6.07, 6.45) is 1.96. The molecule has 1 fully saturated rings. The number of hydrogen-bond acceptors (Lipinski definition) is 7. The number of nitrogens with one attached hydrogen (secondary N) is 3. The lowest BCUT2D eigenvalue weighted by Crippen LogP contribution is -2.54. The number of imide groups is 2. The maximum Gasteiger partial charge on any atom is 0.320 e. The molecule has 1 unspecified atom stereocenters. The van der Waals surface area contributed by atoms with Gasteiger partial charge in [0.2, 0.25) is 11.8 Å². The smallest absolute Gasteiger partial charge is 0.320 e. The highest BCUT2D eigenvalue weighted by molar-refractivity contribution is 6.23. The summed E-state index contributed by atoms with van der Waals surface area (Å²) >= 11 is 0. The molecule has 0 spiro atoms. The van der Waals surface area contributed by atoms with Crippen molar-refractivity contribution in [2.24, 2.45) is 5.16 Å². The van der Waals surface area contributed by atoms with Crippen molar-refractivity contribution in [2.75, 3.05) is 13.2 Å².